The van der Waals surface area contributed by atoms with Gasteiger partial charge < -0.3 is 10.1 Å². The number of nitrogens with one attached hydrogen (secondary N) is 1. The second kappa shape index (κ2) is 7.78. The van der Waals surface area contributed by atoms with E-state index in [0.717, 1.165) is 31.0 Å². The molecule has 1 aromatic carbocycles. The lowest BCUT2D eigenvalue weighted by Crippen LogP contribution is -2.14. The largest absolute Gasteiger partial charge is 0.492 e. The van der Waals surface area contributed by atoms with Crippen molar-refractivity contribution in [3.8, 4) is 5.75 Å². The van der Waals surface area contributed by atoms with Crippen LogP contribution in [0.15, 0.2) is 24.4 Å². The SMILES string of the molecule is CCCNCc1cn(CCOc2cc(C)cc(C)c2)nn1. The maximum absolute atomic E-state index is 5.78. The molecule has 0 aliphatic carbocycles. The number of nitrogens with zero attached hydrogens (tertiary/aromatic N) is 3. The van der Waals surface area contributed by atoms with Crippen LogP contribution >= 0.6 is 0 Å². The van der Waals surface area contributed by atoms with Gasteiger partial charge in [0.05, 0.1) is 12.2 Å². The van der Waals surface area contributed by atoms with E-state index in [1.807, 2.05) is 10.9 Å². The highest BCUT2D eigenvalue weighted by Gasteiger charge is 2.01. The first-order valence-corrected chi connectivity index (χ1v) is 7.48. The molecule has 0 fully saturated rings. The average molecular weight is 288 g/mol. The van der Waals surface area contributed by atoms with Crippen molar-refractivity contribution in [2.24, 2.45) is 0 Å². The van der Waals surface area contributed by atoms with Crippen LogP contribution < -0.4 is 10.1 Å². The first-order valence-electron chi connectivity index (χ1n) is 7.48. The van der Waals surface area contributed by atoms with Gasteiger partial charge in [-0.1, -0.05) is 18.2 Å². The van der Waals surface area contributed by atoms with Crippen LogP contribution in [0.1, 0.15) is 30.2 Å². The Morgan fingerprint density at radius 1 is 1.19 bits per heavy atom. The highest BCUT2D eigenvalue weighted by molar-refractivity contribution is 5.32. The summed E-state index contributed by atoms with van der Waals surface area (Å²) in [6.45, 7) is 9.37. The maximum atomic E-state index is 5.78. The summed E-state index contributed by atoms with van der Waals surface area (Å²) in [4.78, 5) is 0. The molecule has 0 bridgehead atoms. The molecule has 0 aliphatic heterocycles. The van der Waals surface area contributed by atoms with Crippen LogP contribution in [0, 0.1) is 13.8 Å². The van der Waals surface area contributed by atoms with Gasteiger partial charge in [0, 0.05) is 12.7 Å². The summed E-state index contributed by atoms with van der Waals surface area (Å²) in [7, 11) is 0. The van der Waals surface area contributed by atoms with E-state index in [2.05, 4.69) is 54.6 Å². The lowest BCUT2D eigenvalue weighted by atomic mass is 10.1. The fourth-order valence-electron chi connectivity index (χ4n) is 2.20. The Kier molecular flexibility index (Phi) is 5.75. The van der Waals surface area contributed by atoms with Crippen LogP contribution in [0.4, 0.5) is 0 Å². The number of aryl methyl sites for hydroxylation is 2. The number of rotatable bonds is 8. The van der Waals surface area contributed by atoms with Gasteiger partial charge in [0.25, 0.3) is 0 Å². The molecule has 1 N–H and O–H groups in total. The minimum absolute atomic E-state index is 0.591. The van der Waals surface area contributed by atoms with Crippen LogP contribution in [-0.2, 0) is 13.1 Å². The molecule has 0 saturated carbocycles. The predicted molar refractivity (Wildman–Crippen MR) is 83.4 cm³/mol. The monoisotopic (exact) mass is 288 g/mol. The number of hydrogen-bond donors (Lipinski definition) is 1. The maximum Gasteiger partial charge on any atom is 0.119 e. The summed E-state index contributed by atoms with van der Waals surface area (Å²) in [5.74, 6) is 0.914. The highest BCUT2D eigenvalue weighted by Crippen LogP contribution is 2.16. The zero-order valence-corrected chi connectivity index (χ0v) is 13.1. The normalized spacial score (nSPS) is 10.8. The number of aromatic nitrogens is 3. The molecule has 0 aliphatic rings. The van der Waals surface area contributed by atoms with E-state index in [4.69, 9.17) is 4.74 Å². The molecule has 5 nitrogen and oxygen atoms in total. The van der Waals surface area contributed by atoms with Crippen molar-refractivity contribution in [1.29, 1.82) is 0 Å². The van der Waals surface area contributed by atoms with Crippen molar-refractivity contribution in [2.75, 3.05) is 13.2 Å². The van der Waals surface area contributed by atoms with Crippen molar-refractivity contribution in [3.63, 3.8) is 0 Å². The topological polar surface area (TPSA) is 52.0 Å². The third-order valence-corrected chi connectivity index (χ3v) is 3.10. The van der Waals surface area contributed by atoms with Gasteiger partial charge in [-0.25, -0.2) is 4.68 Å². The Balaban J connectivity index is 1.78. The summed E-state index contributed by atoms with van der Waals surface area (Å²) in [6.07, 6.45) is 3.09. The first kappa shape index (κ1) is 15.5. The van der Waals surface area contributed by atoms with Gasteiger partial charge in [-0.15, -0.1) is 5.10 Å². The van der Waals surface area contributed by atoms with Gasteiger partial charge in [-0.3, -0.25) is 0 Å². The van der Waals surface area contributed by atoms with Crippen LogP contribution in [0.5, 0.6) is 5.75 Å². The van der Waals surface area contributed by atoms with E-state index in [9.17, 15) is 0 Å². The summed E-state index contributed by atoms with van der Waals surface area (Å²) < 4.78 is 7.60. The Bertz CT molecular complexity index is 545. The molecule has 0 radical (unpaired) electrons. The predicted octanol–water partition coefficient (Wildman–Crippen LogP) is 2.47. The van der Waals surface area contributed by atoms with Crippen molar-refractivity contribution >= 4 is 0 Å². The summed E-state index contributed by atoms with van der Waals surface area (Å²) in [5, 5.41) is 11.6. The van der Waals surface area contributed by atoms with Crippen LogP contribution in [0.25, 0.3) is 0 Å². The van der Waals surface area contributed by atoms with Gasteiger partial charge >= 0.3 is 0 Å². The average Bonchev–Trinajstić information content (AvgIpc) is 2.86. The minimum atomic E-state index is 0.591. The zero-order chi connectivity index (χ0) is 15.1. The second-order valence-electron chi connectivity index (χ2n) is 5.32. The zero-order valence-electron chi connectivity index (χ0n) is 13.1. The molecule has 21 heavy (non-hydrogen) atoms. The molecular weight excluding hydrogens is 264 g/mol. The summed E-state index contributed by atoms with van der Waals surface area (Å²) in [6, 6.07) is 6.24. The standard InChI is InChI=1S/C16H24N4O/c1-4-5-17-11-15-12-20(19-18-15)6-7-21-16-9-13(2)8-14(3)10-16/h8-10,12,17H,4-7,11H2,1-3H3. The summed E-state index contributed by atoms with van der Waals surface area (Å²) >= 11 is 0. The smallest absolute Gasteiger partial charge is 0.119 e. The van der Waals surface area contributed by atoms with E-state index in [1.165, 1.54) is 11.1 Å². The van der Waals surface area contributed by atoms with Crippen molar-refractivity contribution in [3.05, 3.63) is 41.2 Å². The Hall–Kier alpha value is -1.88. The molecule has 0 amide bonds. The molecule has 2 rings (SSSR count). The third kappa shape index (κ3) is 5.19. The van der Waals surface area contributed by atoms with E-state index in [-0.39, 0.29) is 0 Å². The number of hydrogen-bond acceptors (Lipinski definition) is 4. The van der Waals surface area contributed by atoms with E-state index >= 15 is 0 Å². The lowest BCUT2D eigenvalue weighted by molar-refractivity contribution is 0.289. The Labute approximate surface area is 126 Å². The molecule has 1 aromatic heterocycles. The van der Waals surface area contributed by atoms with E-state index in [0.29, 0.717) is 13.2 Å². The molecular formula is C16H24N4O. The third-order valence-electron chi connectivity index (χ3n) is 3.10. The van der Waals surface area contributed by atoms with E-state index < -0.39 is 0 Å². The van der Waals surface area contributed by atoms with Crippen LogP contribution in [-0.4, -0.2) is 28.1 Å². The number of benzene rings is 1. The van der Waals surface area contributed by atoms with Gasteiger partial charge in [-0.2, -0.15) is 0 Å². The van der Waals surface area contributed by atoms with Crippen molar-refractivity contribution in [1.82, 2.24) is 20.3 Å². The van der Waals surface area contributed by atoms with Crippen LogP contribution in [0.2, 0.25) is 0 Å². The fraction of sp³-hybridized carbons (Fsp3) is 0.500. The quantitative estimate of drug-likeness (QED) is 0.758. The van der Waals surface area contributed by atoms with Gasteiger partial charge in [-0.05, 0) is 50.1 Å². The highest BCUT2D eigenvalue weighted by atomic mass is 16.5. The Morgan fingerprint density at radius 3 is 2.67 bits per heavy atom. The van der Waals surface area contributed by atoms with Gasteiger partial charge in [0.15, 0.2) is 0 Å². The van der Waals surface area contributed by atoms with Crippen LogP contribution in [0.3, 0.4) is 0 Å². The molecule has 0 spiro atoms. The molecule has 0 saturated heterocycles. The summed E-state index contributed by atoms with van der Waals surface area (Å²) in [5.41, 5.74) is 3.40. The van der Waals surface area contributed by atoms with E-state index in [1.54, 1.807) is 0 Å². The van der Waals surface area contributed by atoms with Crippen molar-refractivity contribution in [2.45, 2.75) is 40.3 Å². The van der Waals surface area contributed by atoms with Gasteiger partial charge in [0.1, 0.15) is 12.4 Å². The molecule has 0 atom stereocenters. The molecule has 1 heterocycles. The fourth-order valence-corrected chi connectivity index (χ4v) is 2.20. The Morgan fingerprint density at radius 2 is 1.95 bits per heavy atom. The number of ether oxygens (including phenoxy) is 1. The van der Waals surface area contributed by atoms with Crippen molar-refractivity contribution < 1.29 is 4.74 Å². The molecule has 2 aromatic rings. The minimum Gasteiger partial charge on any atom is -0.492 e. The first-order chi connectivity index (χ1) is 10.2. The molecule has 114 valence electrons. The van der Waals surface area contributed by atoms with Gasteiger partial charge in [0.2, 0.25) is 0 Å². The second-order valence-corrected chi connectivity index (χ2v) is 5.32. The molecule has 0 unspecified atom stereocenters. The lowest BCUT2D eigenvalue weighted by Gasteiger charge is -2.08. The molecule has 5 heteroatoms.